The maximum atomic E-state index is 5.33. The number of rotatable bonds is 5. The molecule has 18 heavy (non-hydrogen) atoms. The first-order valence-electron chi connectivity index (χ1n) is 7.28. The van der Waals surface area contributed by atoms with Crippen molar-refractivity contribution in [3.8, 4) is 0 Å². The fourth-order valence-electron chi connectivity index (χ4n) is 3.18. The van der Waals surface area contributed by atoms with Crippen molar-refractivity contribution in [2.24, 2.45) is 11.8 Å². The van der Waals surface area contributed by atoms with Gasteiger partial charge in [0.15, 0.2) is 0 Å². The monoisotopic (exact) mass is 250 g/mol. The van der Waals surface area contributed by atoms with Crippen LogP contribution in [0.3, 0.4) is 0 Å². The summed E-state index contributed by atoms with van der Waals surface area (Å²) in [6, 6.07) is 0. The van der Waals surface area contributed by atoms with Crippen LogP contribution in [0.5, 0.6) is 0 Å². The van der Waals surface area contributed by atoms with Crippen LogP contribution in [0.2, 0.25) is 0 Å². The Morgan fingerprint density at radius 2 is 2.00 bits per heavy atom. The minimum Gasteiger partial charge on any atom is -0.459 e. The van der Waals surface area contributed by atoms with Crippen molar-refractivity contribution in [2.45, 2.75) is 65.6 Å². The highest BCUT2D eigenvalue weighted by atomic mass is 16.7. The maximum absolute atomic E-state index is 5.33. The molecule has 0 fully saturated rings. The fourth-order valence-corrected chi connectivity index (χ4v) is 3.18. The predicted molar refractivity (Wildman–Crippen MR) is 73.8 cm³/mol. The Hall–Kier alpha value is -0.920. The number of allylic oxidation sites excluding steroid dienone is 2. The van der Waals surface area contributed by atoms with Crippen molar-refractivity contribution in [3.63, 3.8) is 0 Å². The first kappa shape index (κ1) is 13.5. The quantitative estimate of drug-likeness (QED) is 0.654. The second-order valence-corrected chi connectivity index (χ2v) is 6.13. The van der Waals surface area contributed by atoms with E-state index in [0.29, 0.717) is 0 Å². The van der Waals surface area contributed by atoms with Crippen molar-refractivity contribution < 1.29 is 9.47 Å². The van der Waals surface area contributed by atoms with E-state index in [1.54, 1.807) is 23.7 Å². The first-order valence-corrected chi connectivity index (χ1v) is 7.28. The lowest BCUT2D eigenvalue weighted by Gasteiger charge is -2.27. The molecule has 1 aliphatic heterocycles. The largest absolute Gasteiger partial charge is 0.459 e. The van der Waals surface area contributed by atoms with Crippen LogP contribution < -0.4 is 0 Å². The zero-order valence-corrected chi connectivity index (χ0v) is 11.9. The molecular weight excluding hydrogens is 224 g/mol. The van der Waals surface area contributed by atoms with Gasteiger partial charge in [-0.3, -0.25) is 0 Å². The summed E-state index contributed by atoms with van der Waals surface area (Å²) in [6.07, 6.45) is 10.7. The Morgan fingerprint density at radius 1 is 1.28 bits per heavy atom. The zero-order chi connectivity index (χ0) is 13.0. The summed E-state index contributed by atoms with van der Waals surface area (Å²) in [4.78, 5) is 0. The molecule has 2 rings (SSSR count). The van der Waals surface area contributed by atoms with E-state index < -0.39 is 0 Å². The van der Waals surface area contributed by atoms with E-state index in [1.807, 2.05) is 0 Å². The smallest absolute Gasteiger partial charge is 0.240 e. The molecule has 2 aliphatic rings. The second kappa shape index (κ2) is 6.31. The van der Waals surface area contributed by atoms with Crippen molar-refractivity contribution in [3.05, 3.63) is 23.7 Å². The van der Waals surface area contributed by atoms with Crippen molar-refractivity contribution in [2.75, 3.05) is 0 Å². The SMILES string of the molecule is CC1=C(CCC2OC=CO2)CCC(CC(C)C)C1. The third-order valence-electron chi connectivity index (χ3n) is 4.06. The van der Waals surface area contributed by atoms with Crippen LogP contribution in [-0.2, 0) is 9.47 Å². The Labute approximate surface area is 111 Å². The fraction of sp³-hybridized carbons (Fsp3) is 0.750. The van der Waals surface area contributed by atoms with Gasteiger partial charge in [-0.05, 0) is 50.9 Å². The Balaban J connectivity index is 1.78. The van der Waals surface area contributed by atoms with Gasteiger partial charge in [-0.25, -0.2) is 0 Å². The van der Waals surface area contributed by atoms with Gasteiger partial charge in [0.05, 0.1) is 0 Å². The molecule has 0 saturated carbocycles. The van der Waals surface area contributed by atoms with Gasteiger partial charge in [-0.1, -0.05) is 25.0 Å². The van der Waals surface area contributed by atoms with Gasteiger partial charge >= 0.3 is 0 Å². The Morgan fingerprint density at radius 3 is 2.61 bits per heavy atom. The molecule has 1 aliphatic carbocycles. The minimum atomic E-state index is -0.0429. The van der Waals surface area contributed by atoms with Gasteiger partial charge in [0.1, 0.15) is 12.5 Å². The van der Waals surface area contributed by atoms with Crippen molar-refractivity contribution in [1.29, 1.82) is 0 Å². The highest BCUT2D eigenvalue weighted by Gasteiger charge is 2.21. The molecule has 1 heterocycles. The van der Waals surface area contributed by atoms with Crippen LogP contribution in [-0.4, -0.2) is 6.29 Å². The third-order valence-corrected chi connectivity index (χ3v) is 4.06. The molecule has 0 spiro atoms. The molecule has 2 nitrogen and oxygen atoms in total. The van der Waals surface area contributed by atoms with E-state index in [0.717, 1.165) is 24.7 Å². The summed E-state index contributed by atoms with van der Waals surface area (Å²) in [5.41, 5.74) is 3.27. The highest BCUT2D eigenvalue weighted by molar-refractivity contribution is 5.16. The maximum Gasteiger partial charge on any atom is 0.240 e. The lowest BCUT2D eigenvalue weighted by molar-refractivity contribution is -0.0277. The molecule has 0 radical (unpaired) electrons. The molecule has 0 saturated heterocycles. The minimum absolute atomic E-state index is 0.0429. The molecule has 0 aromatic rings. The van der Waals surface area contributed by atoms with Crippen LogP contribution in [0.1, 0.15) is 59.3 Å². The first-order chi connectivity index (χ1) is 8.65. The normalized spacial score (nSPS) is 24.6. The van der Waals surface area contributed by atoms with Gasteiger partial charge < -0.3 is 9.47 Å². The van der Waals surface area contributed by atoms with Crippen LogP contribution in [0.15, 0.2) is 23.7 Å². The zero-order valence-electron chi connectivity index (χ0n) is 11.9. The summed E-state index contributed by atoms with van der Waals surface area (Å²) in [5.74, 6) is 1.74. The lowest BCUT2D eigenvalue weighted by atomic mass is 9.79. The molecule has 1 unspecified atom stereocenters. The second-order valence-electron chi connectivity index (χ2n) is 6.13. The van der Waals surface area contributed by atoms with Crippen molar-refractivity contribution in [1.82, 2.24) is 0 Å². The summed E-state index contributed by atoms with van der Waals surface area (Å²) in [6.45, 7) is 6.98. The van der Waals surface area contributed by atoms with E-state index in [4.69, 9.17) is 9.47 Å². The van der Waals surface area contributed by atoms with Gasteiger partial charge in [-0.2, -0.15) is 0 Å². The summed E-state index contributed by atoms with van der Waals surface area (Å²) >= 11 is 0. The molecule has 0 aromatic carbocycles. The van der Waals surface area contributed by atoms with E-state index in [1.165, 1.54) is 25.7 Å². The number of hydrogen-bond acceptors (Lipinski definition) is 2. The average Bonchev–Trinajstić information content (AvgIpc) is 2.80. The van der Waals surface area contributed by atoms with Gasteiger partial charge in [0.2, 0.25) is 6.29 Å². The summed E-state index contributed by atoms with van der Waals surface area (Å²) < 4.78 is 10.7. The molecule has 102 valence electrons. The predicted octanol–water partition coefficient (Wildman–Crippen LogP) is 4.77. The van der Waals surface area contributed by atoms with E-state index in [9.17, 15) is 0 Å². The number of ether oxygens (including phenoxy) is 2. The van der Waals surface area contributed by atoms with Gasteiger partial charge in [0.25, 0.3) is 0 Å². The molecule has 2 heteroatoms. The van der Waals surface area contributed by atoms with Gasteiger partial charge in [0, 0.05) is 6.42 Å². The lowest BCUT2D eigenvalue weighted by Crippen LogP contribution is -2.13. The Kier molecular flexibility index (Phi) is 4.73. The van der Waals surface area contributed by atoms with Crippen LogP contribution in [0.25, 0.3) is 0 Å². The molecule has 1 atom stereocenters. The topological polar surface area (TPSA) is 18.5 Å². The standard InChI is InChI=1S/C16H26O2/c1-12(2)10-14-4-5-15(13(3)11-14)6-7-16-17-8-9-18-16/h8-9,12,14,16H,4-7,10-11H2,1-3H3. The molecule has 0 aromatic heterocycles. The molecule has 0 bridgehead atoms. The van der Waals surface area contributed by atoms with Crippen molar-refractivity contribution >= 4 is 0 Å². The average molecular weight is 250 g/mol. The number of hydrogen-bond donors (Lipinski definition) is 0. The Bertz CT molecular complexity index is 320. The third kappa shape index (κ3) is 3.79. The summed E-state index contributed by atoms with van der Waals surface area (Å²) in [7, 11) is 0. The van der Waals surface area contributed by atoms with Crippen LogP contribution in [0, 0.1) is 11.8 Å². The molecular formula is C16H26O2. The van der Waals surface area contributed by atoms with E-state index in [-0.39, 0.29) is 6.29 Å². The van der Waals surface area contributed by atoms with Crippen LogP contribution in [0.4, 0.5) is 0 Å². The van der Waals surface area contributed by atoms with E-state index in [2.05, 4.69) is 20.8 Å². The summed E-state index contributed by atoms with van der Waals surface area (Å²) in [5, 5.41) is 0. The highest BCUT2D eigenvalue weighted by Crippen LogP contribution is 2.35. The molecule has 0 N–H and O–H groups in total. The van der Waals surface area contributed by atoms with E-state index >= 15 is 0 Å². The van der Waals surface area contributed by atoms with Crippen LogP contribution >= 0.6 is 0 Å². The van der Waals surface area contributed by atoms with Gasteiger partial charge in [-0.15, -0.1) is 0 Å². The molecule has 0 amide bonds.